The van der Waals surface area contributed by atoms with E-state index in [-0.39, 0.29) is 19.1 Å². The highest BCUT2D eigenvalue weighted by atomic mass is 16.5. The molecule has 2 fully saturated rings. The molecule has 3 amide bonds. The Morgan fingerprint density at radius 1 is 0.833 bits per heavy atom. The molecule has 1 spiro atoms. The van der Waals surface area contributed by atoms with E-state index in [1.807, 2.05) is 78.9 Å². The van der Waals surface area contributed by atoms with Gasteiger partial charge in [-0.05, 0) is 36.4 Å². The van der Waals surface area contributed by atoms with E-state index in [0.29, 0.717) is 23.4 Å². The Morgan fingerprint density at radius 2 is 1.52 bits per heavy atom. The van der Waals surface area contributed by atoms with Crippen LogP contribution in [0.2, 0.25) is 0 Å². The molecule has 8 nitrogen and oxygen atoms in total. The number of amides is 3. The van der Waals surface area contributed by atoms with Crippen molar-refractivity contribution in [1.29, 1.82) is 0 Å². The summed E-state index contributed by atoms with van der Waals surface area (Å²) in [4.78, 5) is 58.8. The molecule has 3 aliphatic rings. The van der Waals surface area contributed by atoms with Gasteiger partial charge in [-0.3, -0.25) is 29.4 Å². The van der Waals surface area contributed by atoms with Crippen molar-refractivity contribution in [3.63, 3.8) is 0 Å². The zero-order valence-corrected chi connectivity index (χ0v) is 23.0. The van der Waals surface area contributed by atoms with Gasteiger partial charge in [0, 0.05) is 22.7 Å². The molecule has 0 aromatic heterocycles. The van der Waals surface area contributed by atoms with E-state index in [9.17, 15) is 19.2 Å². The molecule has 3 heterocycles. The third kappa shape index (κ3) is 3.72. The molecule has 7 rings (SSSR count). The zero-order valence-electron chi connectivity index (χ0n) is 23.0. The number of hydrogen-bond donors (Lipinski definition) is 1. The highest BCUT2D eigenvalue weighted by Crippen LogP contribution is 2.55. The third-order valence-corrected chi connectivity index (χ3v) is 8.76. The lowest BCUT2D eigenvalue weighted by molar-refractivity contribution is -0.142. The van der Waals surface area contributed by atoms with Crippen molar-refractivity contribution >= 4 is 45.8 Å². The minimum atomic E-state index is -1.51. The number of benzene rings is 4. The Balaban J connectivity index is 1.39. The monoisotopic (exact) mass is 559 g/mol. The second-order valence-corrected chi connectivity index (χ2v) is 11.0. The van der Waals surface area contributed by atoms with Gasteiger partial charge < -0.3 is 4.74 Å². The summed E-state index contributed by atoms with van der Waals surface area (Å²) < 4.78 is 5.18. The molecular weight excluding hydrogens is 530 g/mol. The number of fused-ring (bicyclic) bond motifs is 5. The number of ether oxygens (including phenoxy) is 1. The average molecular weight is 560 g/mol. The Hall–Kier alpha value is -4.82. The van der Waals surface area contributed by atoms with Crippen molar-refractivity contribution in [3.8, 4) is 0 Å². The molecule has 0 unspecified atom stereocenters. The van der Waals surface area contributed by atoms with E-state index in [2.05, 4.69) is 5.32 Å². The molecule has 210 valence electrons. The quantitative estimate of drug-likeness (QED) is 0.284. The second-order valence-electron chi connectivity index (χ2n) is 11.0. The van der Waals surface area contributed by atoms with Gasteiger partial charge in [0.1, 0.15) is 12.1 Å². The lowest BCUT2D eigenvalue weighted by Crippen LogP contribution is -2.56. The first-order chi connectivity index (χ1) is 20.5. The summed E-state index contributed by atoms with van der Waals surface area (Å²) >= 11 is 0. The van der Waals surface area contributed by atoms with Gasteiger partial charge in [0.25, 0.3) is 5.91 Å². The Morgan fingerprint density at radius 3 is 2.33 bits per heavy atom. The fraction of sp³-hybridized carbons (Fsp3) is 0.235. The summed E-state index contributed by atoms with van der Waals surface area (Å²) in [5.74, 6) is -3.52. The van der Waals surface area contributed by atoms with Crippen molar-refractivity contribution in [2.24, 2.45) is 11.8 Å². The molecule has 0 aliphatic carbocycles. The van der Waals surface area contributed by atoms with Crippen LogP contribution in [0.5, 0.6) is 0 Å². The molecule has 1 N–H and O–H groups in total. The fourth-order valence-electron chi connectivity index (χ4n) is 7.12. The molecule has 42 heavy (non-hydrogen) atoms. The van der Waals surface area contributed by atoms with Crippen LogP contribution in [0, 0.1) is 11.8 Å². The first-order valence-electron chi connectivity index (χ1n) is 14.2. The summed E-state index contributed by atoms with van der Waals surface area (Å²) in [5, 5.41) is 5.21. The Labute approximate surface area is 242 Å². The molecule has 2 saturated heterocycles. The number of esters is 1. The van der Waals surface area contributed by atoms with Crippen LogP contribution in [0.4, 0.5) is 11.4 Å². The summed E-state index contributed by atoms with van der Waals surface area (Å²) in [7, 11) is 0. The normalized spacial score (nSPS) is 24.5. The smallest absolute Gasteiger partial charge is 0.326 e. The van der Waals surface area contributed by atoms with Gasteiger partial charge in [0.15, 0.2) is 0 Å². The number of carbonyl (C=O) groups excluding carboxylic acids is 4. The summed E-state index contributed by atoms with van der Waals surface area (Å²) in [6, 6.07) is 29.6. The molecule has 0 radical (unpaired) electrons. The molecule has 4 aromatic rings. The molecule has 0 saturated carbocycles. The molecular formula is C34H29N3O5. The maximum Gasteiger partial charge on any atom is 0.326 e. The minimum absolute atomic E-state index is 0.183. The zero-order chi connectivity index (χ0) is 29.0. The topological polar surface area (TPSA) is 96.0 Å². The van der Waals surface area contributed by atoms with Crippen molar-refractivity contribution < 1.29 is 23.9 Å². The molecule has 3 aliphatic heterocycles. The third-order valence-electron chi connectivity index (χ3n) is 8.76. The van der Waals surface area contributed by atoms with Crippen LogP contribution < -0.4 is 15.1 Å². The van der Waals surface area contributed by atoms with Crippen LogP contribution in [0.1, 0.15) is 18.1 Å². The first kappa shape index (κ1) is 26.1. The lowest BCUT2D eigenvalue weighted by Gasteiger charge is -2.30. The van der Waals surface area contributed by atoms with Crippen molar-refractivity contribution in [3.05, 3.63) is 108 Å². The van der Waals surface area contributed by atoms with Crippen molar-refractivity contribution in [1.82, 2.24) is 5.32 Å². The van der Waals surface area contributed by atoms with E-state index >= 15 is 0 Å². The molecule has 4 aromatic carbocycles. The number of carbonyl (C=O) groups is 4. The molecule has 0 bridgehead atoms. The van der Waals surface area contributed by atoms with Crippen LogP contribution in [0.15, 0.2) is 97.1 Å². The van der Waals surface area contributed by atoms with Crippen molar-refractivity contribution in [2.45, 2.75) is 24.9 Å². The number of nitrogens with one attached hydrogen (secondary N) is 1. The van der Waals surface area contributed by atoms with Crippen LogP contribution in [0.25, 0.3) is 10.8 Å². The number of imide groups is 1. The number of anilines is 2. The van der Waals surface area contributed by atoms with Gasteiger partial charge in [0.2, 0.25) is 11.8 Å². The van der Waals surface area contributed by atoms with Gasteiger partial charge in [-0.1, -0.05) is 84.9 Å². The van der Waals surface area contributed by atoms with E-state index in [1.54, 1.807) is 25.1 Å². The van der Waals surface area contributed by atoms with Crippen molar-refractivity contribution in [2.75, 3.05) is 23.0 Å². The maximum absolute atomic E-state index is 14.6. The predicted octanol–water partition coefficient (Wildman–Crippen LogP) is 3.97. The minimum Gasteiger partial charge on any atom is -0.465 e. The van der Waals surface area contributed by atoms with Gasteiger partial charge in [-0.25, -0.2) is 4.90 Å². The number of para-hydroxylation sites is 1. The summed E-state index contributed by atoms with van der Waals surface area (Å²) in [6.07, 6.45) is 0.444. The Bertz CT molecular complexity index is 1750. The predicted molar refractivity (Wildman–Crippen MR) is 158 cm³/mol. The molecule has 4 atom stereocenters. The largest absolute Gasteiger partial charge is 0.465 e. The van der Waals surface area contributed by atoms with Crippen LogP contribution in [-0.4, -0.2) is 42.9 Å². The SMILES string of the molecule is CCOC(=O)CN1C(=O)[C@@]2(N[C@@H](Cc3ccccc3)[C@H]3C(=O)N(c4cccc5ccccc45)C(=O)[C@@H]32)c2ccccc21. The van der Waals surface area contributed by atoms with Gasteiger partial charge >= 0.3 is 5.97 Å². The fourth-order valence-corrected chi connectivity index (χ4v) is 7.12. The van der Waals surface area contributed by atoms with Gasteiger partial charge in [0.05, 0.1) is 24.1 Å². The number of hydrogen-bond acceptors (Lipinski definition) is 6. The van der Waals surface area contributed by atoms with Gasteiger partial charge in [-0.2, -0.15) is 0 Å². The maximum atomic E-state index is 14.6. The lowest BCUT2D eigenvalue weighted by atomic mass is 9.76. The number of nitrogens with zero attached hydrogens (tertiary/aromatic N) is 2. The van der Waals surface area contributed by atoms with Gasteiger partial charge in [-0.15, -0.1) is 0 Å². The van der Waals surface area contributed by atoms with E-state index < -0.39 is 41.2 Å². The summed E-state index contributed by atoms with van der Waals surface area (Å²) in [5.41, 5.74) is 1.10. The first-order valence-corrected chi connectivity index (χ1v) is 14.2. The van der Waals surface area contributed by atoms with E-state index in [1.165, 1.54) is 9.80 Å². The Kier molecular flexibility index (Phi) is 6.17. The average Bonchev–Trinajstić information content (AvgIpc) is 3.56. The van der Waals surface area contributed by atoms with Crippen LogP contribution in [-0.2, 0) is 35.9 Å². The standard InChI is InChI=1S/C34H29N3O5/c1-2-42-28(38)20-36-27-17-9-8-16-24(27)34(33(36)41)30-29(25(35-34)19-21-11-4-3-5-12-21)31(39)37(32(30)40)26-18-10-14-22-13-6-7-15-23(22)26/h3-18,25,29-30,35H,2,19-20H2,1H3/t25-,29+,30+,34+/m0/s1. The van der Waals surface area contributed by atoms with E-state index in [0.717, 1.165) is 16.3 Å². The van der Waals surface area contributed by atoms with Crippen LogP contribution in [0.3, 0.4) is 0 Å². The van der Waals surface area contributed by atoms with E-state index in [4.69, 9.17) is 4.74 Å². The highest BCUT2D eigenvalue weighted by Gasteiger charge is 2.71. The summed E-state index contributed by atoms with van der Waals surface area (Å²) in [6.45, 7) is 1.60. The molecule has 8 heteroatoms. The van der Waals surface area contributed by atoms with Crippen LogP contribution >= 0.6 is 0 Å². The number of rotatable bonds is 6. The highest BCUT2D eigenvalue weighted by molar-refractivity contribution is 6.28. The second kappa shape index (κ2) is 9.92.